The van der Waals surface area contributed by atoms with Gasteiger partial charge in [0.1, 0.15) is 5.76 Å². The van der Waals surface area contributed by atoms with Crippen LogP contribution in [-0.4, -0.2) is 52.8 Å². The highest BCUT2D eigenvalue weighted by Crippen LogP contribution is 2.42. The highest BCUT2D eigenvalue weighted by atomic mass is 16.5. The Morgan fingerprint density at radius 1 is 1.38 bits per heavy atom. The summed E-state index contributed by atoms with van der Waals surface area (Å²) < 4.78 is 12.4. The Morgan fingerprint density at radius 2 is 2.17 bits per heavy atom. The van der Waals surface area contributed by atoms with Crippen molar-refractivity contribution in [2.24, 2.45) is 18.4 Å². The van der Waals surface area contributed by atoms with Crippen molar-refractivity contribution < 1.29 is 18.7 Å². The maximum Gasteiger partial charge on any atom is 0.336 e. The fourth-order valence-electron chi connectivity index (χ4n) is 4.37. The molecule has 2 aromatic heterocycles. The van der Waals surface area contributed by atoms with Gasteiger partial charge < -0.3 is 19.4 Å². The third-order valence-corrected chi connectivity index (χ3v) is 5.87. The fourth-order valence-corrected chi connectivity index (χ4v) is 4.37. The molecule has 0 saturated carbocycles. The molecule has 0 radical (unpaired) electrons. The predicted molar refractivity (Wildman–Crippen MR) is 102 cm³/mol. The summed E-state index contributed by atoms with van der Waals surface area (Å²) in [6.07, 6.45) is 3.56. The van der Waals surface area contributed by atoms with Crippen LogP contribution in [0.5, 0.6) is 0 Å². The van der Waals surface area contributed by atoms with Crippen molar-refractivity contribution in [2.75, 3.05) is 26.3 Å². The maximum atomic E-state index is 13.2. The van der Waals surface area contributed by atoms with Gasteiger partial charge in [-0.1, -0.05) is 0 Å². The van der Waals surface area contributed by atoms with Gasteiger partial charge in [-0.2, -0.15) is 5.10 Å². The molecule has 0 aliphatic carbocycles. The van der Waals surface area contributed by atoms with Crippen LogP contribution in [0.3, 0.4) is 0 Å². The van der Waals surface area contributed by atoms with E-state index in [1.54, 1.807) is 29.6 Å². The van der Waals surface area contributed by atoms with Gasteiger partial charge in [0.05, 0.1) is 30.4 Å². The number of aryl methyl sites for hydroxylation is 3. The number of fused-ring (bicyclic) bond motifs is 1. The summed E-state index contributed by atoms with van der Waals surface area (Å²) in [5.41, 5.74) is 0.622. The van der Waals surface area contributed by atoms with E-state index in [1.807, 2.05) is 13.2 Å². The second-order valence-corrected chi connectivity index (χ2v) is 7.94. The molecule has 9 heteroatoms. The standard InChI is InChI=1S/C20H24N4O5/c1-12-4-16(25)29-13(2)17(12)18(26)24-8-15-9-28-11-20(15,10-24)19(27)21-5-14-6-22-23(3)7-14/h4,6-7,15H,5,8-11H2,1-3H3,(H,21,27)/t15-,20-/m0/s1. The van der Waals surface area contributed by atoms with E-state index < -0.39 is 11.0 Å². The highest BCUT2D eigenvalue weighted by Gasteiger charge is 2.56. The molecule has 2 aromatic rings. The zero-order chi connectivity index (χ0) is 20.8. The molecule has 2 aliphatic rings. The van der Waals surface area contributed by atoms with Gasteiger partial charge in [0.2, 0.25) is 5.91 Å². The summed E-state index contributed by atoms with van der Waals surface area (Å²) in [6.45, 7) is 5.11. The van der Waals surface area contributed by atoms with Crippen LogP contribution in [0, 0.1) is 25.2 Å². The molecule has 2 atom stereocenters. The molecule has 0 aromatic carbocycles. The molecule has 154 valence electrons. The number of amides is 2. The number of hydrogen-bond donors (Lipinski definition) is 1. The minimum Gasteiger partial charge on any atom is -0.427 e. The topological polar surface area (TPSA) is 107 Å². The number of nitrogens with one attached hydrogen (secondary N) is 1. The van der Waals surface area contributed by atoms with Crippen molar-refractivity contribution in [2.45, 2.75) is 20.4 Å². The third kappa shape index (κ3) is 3.35. The molecule has 2 amide bonds. The van der Waals surface area contributed by atoms with Gasteiger partial charge in [0.15, 0.2) is 0 Å². The van der Waals surface area contributed by atoms with Crippen molar-refractivity contribution in [3.8, 4) is 0 Å². The number of aromatic nitrogens is 2. The molecule has 0 spiro atoms. The Morgan fingerprint density at radius 3 is 2.86 bits per heavy atom. The molecular weight excluding hydrogens is 376 g/mol. The summed E-state index contributed by atoms with van der Waals surface area (Å²) in [5, 5.41) is 7.08. The van der Waals surface area contributed by atoms with Crippen LogP contribution in [-0.2, 0) is 23.1 Å². The van der Waals surface area contributed by atoms with Crippen LogP contribution >= 0.6 is 0 Å². The van der Waals surface area contributed by atoms with Crippen LogP contribution in [0.4, 0.5) is 0 Å². The number of rotatable bonds is 4. The number of carbonyl (C=O) groups is 2. The van der Waals surface area contributed by atoms with Gasteiger partial charge in [0.25, 0.3) is 5.91 Å². The van der Waals surface area contributed by atoms with Gasteiger partial charge >= 0.3 is 5.63 Å². The van der Waals surface area contributed by atoms with E-state index in [0.29, 0.717) is 36.6 Å². The molecule has 2 fully saturated rings. The second kappa shape index (κ2) is 7.14. The minimum atomic E-state index is -0.769. The van der Waals surface area contributed by atoms with Crippen molar-refractivity contribution in [3.05, 3.63) is 51.3 Å². The van der Waals surface area contributed by atoms with E-state index in [9.17, 15) is 14.4 Å². The molecule has 4 rings (SSSR count). The Bertz CT molecular complexity index is 1000. The van der Waals surface area contributed by atoms with Crippen molar-refractivity contribution >= 4 is 11.8 Å². The van der Waals surface area contributed by atoms with Crippen molar-refractivity contribution in [3.63, 3.8) is 0 Å². The van der Waals surface area contributed by atoms with Crippen LogP contribution in [0.2, 0.25) is 0 Å². The lowest BCUT2D eigenvalue weighted by molar-refractivity contribution is -0.131. The zero-order valence-corrected chi connectivity index (χ0v) is 16.7. The quantitative estimate of drug-likeness (QED) is 0.796. The molecular formula is C20H24N4O5. The molecule has 2 saturated heterocycles. The second-order valence-electron chi connectivity index (χ2n) is 7.94. The lowest BCUT2D eigenvalue weighted by Crippen LogP contribution is -2.46. The highest BCUT2D eigenvalue weighted by molar-refractivity contribution is 5.97. The van der Waals surface area contributed by atoms with E-state index in [2.05, 4.69) is 10.4 Å². The molecule has 4 heterocycles. The zero-order valence-electron chi connectivity index (χ0n) is 16.7. The maximum absolute atomic E-state index is 13.2. The van der Waals surface area contributed by atoms with Gasteiger partial charge in [0, 0.05) is 50.4 Å². The molecule has 9 nitrogen and oxygen atoms in total. The molecule has 29 heavy (non-hydrogen) atoms. The van der Waals surface area contributed by atoms with E-state index in [0.717, 1.165) is 5.56 Å². The van der Waals surface area contributed by atoms with Crippen LogP contribution in [0.1, 0.15) is 27.2 Å². The van der Waals surface area contributed by atoms with E-state index in [4.69, 9.17) is 9.15 Å². The summed E-state index contributed by atoms with van der Waals surface area (Å²) in [4.78, 5) is 39.5. The Labute approximate surface area is 167 Å². The predicted octanol–water partition coefficient (Wildman–Crippen LogP) is 0.395. The van der Waals surface area contributed by atoms with Crippen LogP contribution in [0.15, 0.2) is 27.7 Å². The van der Waals surface area contributed by atoms with E-state index in [1.165, 1.54) is 6.07 Å². The number of likely N-dealkylation sites (tertiary alicyclic amines) is 1. The third-order valence-electron chi connectivity index (χ3n) is 5.87. The first kappa shape index (κ1) is 19.4. The number of hydrogen-bond acceptors (Lipinski definition) is 6. The first-order valence-electron chi connectivity index (χ1n) is 9.54. The fraction of sp³-hybridized carbons (Fsp3) is 0.500. The van der Waals surface area contributed by atoms with Crippen molar-refractivity contribution in [1.29, 1.82) is 0 Å². The Balaban J connectivity index is 1.53. The average molecular weight is 400 g/mol. The normalized spacial score (nSPS) is 23.3. The lowest BCUT2D eigenvalue weighted by atomic mass is 9.80. The van der Waals surface area contributed by atoms with Gasteiger partial charge in [-0.3, -0.25) is 14.3 Å². The molecule has 0 bridgehead atoms. The summed E-state index contributed by atoms with van der Waals surface area (Å²) in [5.74, 6) is -0.121. The van der Waals surface area contributed by atoms with Crippen molar-refractivity contribution in [1.82, 2.24) is 20.0 Å². The van der Waals surface area contributed by atoms with Gasteiger partial charge in [-0.15, -0.1) is 0 Å². The summed E-state index contributed by atoms with van der Waals surface area (Å²) in [6, 6.07) is 1.32. The number of ether oxygens (including phenoxy) is 1. The smallest absolute Gasteiger partial charge is 0.336 e. The molecule has 2 aliphatic heterocycles. The first-order chi connectivity index (χ1) is 13.8. The minimum absolute atomic E-state index is 0.0725. The monoisotopic (exact) mass is 400 g/mol. The van der Waals surface area contributed by atoms with E-state index >= 15 is 0 Å². The first-order valence-corrected chi connectivity index (χ1v) is 9.54. The van der Waals surface area contributed by atoms with E-state index in [-0.39, 0.29) is 30.9 Å². The van der Waals surface area contributed by atoms with Gasteiger partial charge in [-0.25, -0.2) is 4.79 Å². The SMILES string of the molecule is Cc1cc(=O)oc(C)c1C(=O)N1C[C@H]2COC[C@@]2(C(=O)NCc2cnn(C)c2)C1. The average Bonchev–Trinajstić information content (AvgIpc) is 3.32. The summed E-state index contributed by atoms with van der Waals surface area (Å²) in [7, 11) is 1.82. The van der Waals surface area contributed by atoms with Crippen LogP contribution < -0.4 is 10.9 Å². The number of carbonyl (C=O) groups excluding carboxylic acids is 2. The largest absolute Gasteiger partial charge is 0.427 e. The summed E-state index contributed by atoms with van der Waals surface area (Å²) >= 11 is 0. The molecule has 0 unspecified atom stereocenters. The van der Waals surface area contributed by atoms with Crippen LogP contribution in [0.25, 0.3) is 0 Å². The number of nitrogens with zero attached hydrogens (tertiary/aromatic N) is 3. The lowest BCUT2D eigenvalue weighted by Gasteiger charge is -2.26. The Kier molecular flexibility index (Phi) is 4.77. The Hall–Kier alpha value is -2.94. The molecule has 1 N–H and O–H groups in total. The van der Waals surface area contributed by atoms with Gasteiger partial charge in [-0.05, 0) is 19.4 Å².